The Morgan fingerprint density at radius 2 is 2.19 bits per heavy atom. The van der Waals surface area contributed by atoms with Gasteiger partial charge in [-0.15, -0.1) is 0 Å². The molecular weight excluding hydrogens is 339 g/mol. The Balaban J connectivity index is 2.09. The number of carbonyl (C=O) groups is 2. The maximum atomic E-state index is 14.4. The molecule has 8 heteroatoms. The lowest BCUT2D eigenvalue weighted by atomic mass is 10.1. The number of nitrogens with two attached hydrogens (primary N) is 1. The lowest BCUT2D eigenvalue weighted by Crippen LogP contribution is -2.48. The number of likely N-dealkylation sites (N-methyl/N-ethyl adjacent to an activating group) is 1. The number of halogens is 1. The third-order valence-electron chi connectivity index (χ3n) is 4.22. The minimum Gasteiger partial charge on any atom is -0.370 e. The Labute approximate surface area is 153 Å². The zero-order valence-electron chi connectivity index (χ0n) is 15.5. The van der Waals surface area contributed by atoms with Crippen molar-refractivity contribution in [2.24, 2.45) is 11.7 Å². The molecule has 1 fully saturated rings. The van der Waals surface area contributed by atoms with Crippen LogP contribution in [0.25, 0.3) is 0 Å². The van der Waals surface area contributed by atoms with Crippen LogP contribution in [0.4, 0.5) is 15.8 Å². The van der Waals surface area contributed by atoms with Gasteiger partial charge >= 0.3 is 0 Å². The fourth-order valence-electron chi connectivity index (χ4n) is 2.97. The largest absolute Gasteiger partial charge is 0.370 e. The highest BCUT2D eigenvalue weighted by Gasteiger charge is 2.24. The molecule has 0 unspecified atom stereocenters. The molecule has 1 atom stereocenters. The van der Waals surface area contributed by atoms with E-state index < -0.39 is 11.9 Å². The molecule has 0 aliphatic carbocycles. The maximum absolute atomic E-state index is 14.4. The summed E-state index contributed by atoms with van der Waals surface area (Å²) in [4.78, 5) is 27.7. The van der Waals surface area contributed by atoms with Crippen LogP contribution >= 0.6 is 0 Å². The second kappa shape index (κ2) is 9.07. The van der Waals surface area contributed by atoms with Crippen molar-refractivity contribution in [1.82, 2.24) is 4.90 Å². The molecule has 1 aliphatic rings. The SMILES string of the molecule is CC(C)CN(C)[C@H](CN)C(=O)Nc1ccc(N2CCOCC2=O)cc1F. The van der Waals surface area contributed by atoms with Gasteiger partial charge < -0.3 is 20.7 Å². The van der Waals surface area contributed by atoms with E-state index in [0.29, 0.717) is 31.3 Å². The first kappa shape index (κ1) is 20.3. The topological polar surface area (TPSA) is 87.9 Å². The van der Waals surface area contributed by atoms with Crippen LogP contribution in [0, 0.1) is 11.7 Å². The molecule has 3 N–H and O–H groups in total. The van der Waals surface area contributed by atoms with Gasteiger partial charge in [0.05, 0.1) is 12.3 Å². The highest BCUT2D eigenvalue weighted by atomic mass is 19.1. The molecule has 2 amide bonds. The van der Waals surface area contributed by atoms with Gasteiger partial charge in [-0.05, 0) is 31.2 Å². The fourth-order valence-corrected chi connectivity index (χ4v) is 2.97. The minimum absolute atomic E-state index is 0.0134. The number of carbonyl (C=O) groups excluding carboxylic acids is 2. The number of amides is 2. The lowest BCUT2D eigenvalue weighted by Gasteiger charge is -2.28. The second-order valence-corrected chi connectivity index (χ2v) is 6.84. The average Bonchev–Trinajstić information content (AvgIpc) is 2.57. The van der Waals surface area contributed by atoms with Gasteiger partial charge in [-0.25, -0.2) is 4.39 Å². The summed E-state index contributed by atoms with van der Waals surface area (Å²) in [6, 6.07) is 3.77. The molecule has 7 nitrogen and oxygen atoms in total. The van der Waals surface area contributed by atoms with Crippen molar-refractivity contribution in [3.05, 3.63) is 24.0 Å². The first-order chi connectivity index (χ1) is 12.3. The Bertz CT molecular complexity index is 653. The van der Waals surface area contributed by atoms with E-state index in [0.717, 1.165) is 0 Å². The number of anilines is 2. The first-order valence-corrected chi connectivity index (χ1v) is 8.72. The molecule has 1 heterocycles. The number of ether oxygens (including phenoxy) is 1. The Morgan fingerprint density at radius 1 is 1.46 bits per heavy atom. The van der Waals surface area contributed by atoms with Gasteiger partial charge in [0, 0.05) is 25.3 Å². The van der Waals surface area contributed by atoms with E-state index in [1.165, 1.54) is 17.0 Å². The van der Waals surface area contributed by atoms with Crippen LogP contribution in [-0.4, -0.2) is 62.7 Å². The van der Waals surface area contributed by atoms with E-state index in [1.54, 1.807) is 6.07 Å². The van der Waals surface area contributed by atoms with Crippen molar-refractivity contribution in [3.63, 3.8) is 0 Å². The van der Waals surface area contributed by atoms with E-state index in [9.17, 15) is 14.0 Å². The van der Waals surface area contributed by atoms with Crippen LogP contribution in [-0.2, 0) is 14.3 Å². The van der Waals surface area contributed by atoms with E-state index in [1.807, 2.05) is 25.8 Å². The molecule has 0 saturated carbocycles. The van der Waals surface area contributed by atoms with Crippen molar-refractivity contribution < 1.29 is 18.7 Å². The van der Waals surface area contributed by atoms with Crippen LogP contribution in [0.15, 0.2) is 18.2 Å². The van der Waals surface area contributed by atoms with E-state index in [4.69, 9.17) is 10.5 Å². The number of rotatable bonds is 7. The number of nitrogens with zero attached hydrogens (tertiary/aromatic N) is 2. The second-order valence-electron chi connectivity index (χ2n) is 6.84. The van der Waals surface area contributed by atoms with Gasteiger partial charge in [0.1, 0.15) is 18.5 Å². The van der Waals surface area contributed by atoms with Gasteiger partial charge in [0.2, 0.25) is 5.91 Å². The molecule has 1 saturated heterocycles. The molecule has 26 heavy (non-hydrogen) atoms. The van der Waals surface area contributed by atoms with Crippen molar-refractivity contribution in [2.45, 2.75) is 19.9 Å². The monoisotopic (exact) mass is 366 g/mol. The van der Waals surface area contributed by atoms with Crippen LogP contribution in [0.2, 0.25) is 0 Å². The van der Waals surface area contributed by atoms with E-state index in [-0.39, 0.29) is 30.7 Å². The Morgan fingerprint density at radius 3 is 2.77 bits per heavy atom. The van der Waals surface area contributed by atoms with Gasteiger partial charge in [0.15, 0.2) is 0 Å². The van der Waals surface area contributed by atoms with Gasteiger partial charge in [-0.3, -0.25) is 14.5 Å². The Hall–Kier alpha value is -2.03. The third kappa shape index (κ3) is 5.00. The third-order valence-corrected chi connectivity index (χ3v) is 4.22. The summed E-state index contributed by atoms with van der Waals surface area (Å²) in [6.07, 6.45) is 0. The van der Waals surface area contributed by atoms with Crippen LogP contribution in [0.3, 0.4) is 0 Å². The summed E-state index contributed by atoms with van der Waals surface area (Å²) in [5.41, 5.74) is 6.24. The van der Waals surface area contributed by atoms with Gasteiger partial charge in [-0.2, -0.15) is 0 Å². The molecule has 1 aromatic carbocycles. The number of hydrogen-bond donors (Lipinski definition) is 2. The summed E-state index contributed by atoms with van der Waals surface area (Å²) in [7, 11) is 1.82. The van der Waals surface area contributed by atoms with Crippen molar-refractivity contribution in [3.8, 4) is 0 Å². The molecule has 0 spiro atoms. The van der Waals surface area contributed by atoms with Gasteiger partial charge in [-0.1, -0.05) is 13.8 Å². The molecule has 2 rings (SSSR count). The number of nitrogens with one attached hydrogen (secondary N) is 1. The molecule has 0 aromatic heterocycles. The fraction of sp³-hybridized carbons (Fsp3) is 0.556. The Kier molecular flexibility index (Phi) is 7.07. The smallest absolute Gasteiger partial charge is 0.253 e. The highest BCUT2D eigenvalue weighted by molar-refractivity contribution is 5.97. The standard InChI is InChI=1S/C18H27FN4O3/c1-12(2)10-22(3)16(9-20)18(25)21-15-5-4-13(8-14(15)19)23-6-7-26-11-17(23)24/h4-5,8,12,16H,6-7,9-11,20H2,1-3H3,(H,21,25)/t16-/m1/s1. The number of hydrogen-bond acceptors (Lipinski definition) is 5. The van der Waals surface area contributed by atoms with Crippen molar-refractivity contribution in [2.75, 3.05) is 50.1 Å². The normalized spacial score (nSPS) is 16.3. The zero-order chi connectivity index (χ0) is 19.3. The molecule has 0 bridgehead atoms. The summed E-state index contributed by atoms with van der Waals surface area (Å²) in [6.45, 7) is 5.71. The number of benzene rings is 1. The number of morpholine rings is 1. The summed E-state index contributed by atoms with van der Waals surface area (Å²) in [5, 5.41) is 2.59. The maximum Gasteiger partial charge on any atom is 0.253 e. The summed E-state index contributed by atoms with van der Waals surface area (Å²) < 4.78 is 19.5. The minimum atomic E-state index is -0.600. The van der Waals surface area contributed by atoms with Crippen molar-refractivity contribution >= 4 is 23.2 Å². The average molecular weight is 366 g/mol. The van der Waals surface area contributed by atoms with Crippen molar-refractivity contribution in [1.29, 1.82) is 0 Å². The van der Waals surface area contributed by atoms with E-state index >= 15 is 0 Å². The van der Waals surface area contributed by atoms with E-state index in [2.05, 4.69) is 5.32 Å². The summed E-state index contributed by atoms with van der Waals surface area (Å²) >= 11 is 0. The molecule has 1 aliphatic heterocycles. The quantitative estimate of drug-likeness (QED) is 0.753. The van der Waals surface area contributed by atoms with Gasteiger partial charge in [0.25, 0.3) is 5.91 Å². The lowest BCUT2D eigenvalue weighted by molar-refractivity contribution is -0.125. The van der Waals surface area contributed by atoms with Crippen LogP contribution in [0.5, 0.6) is 0 Å². The highest BCUT2D eigenvalue weighted by Crippen LogP contribution is 2.23. The predicted molar refractivity (Wildman–Crippen MR) is 98.5 cm³/mol. The van der Waals surface area contributed by atoms with Crippen LogP contribution in [0.1, 0.15) is 13.8 Å². The first-order valence-electron chi connectivity index (χ1n) is 8.72. The molecule has 1 aromatic rings. The molecule has 0 radical (unpaired) electrons. The molecular formula is C18H27FN4O3. The predicted octanol–water partition coefficient (Wildman–Crippen LogP) is 1.04. The van der Waals surface area contributed by atoms with Crippen LogP contribution < -0.4 is 16.0 Å². The summed E-state index contributed by atoms with van der Waals surface area (Å²) in [5.74, 6) is -0.794. The zero-order valence-corrected chi connectivity index (χ0v) is 15.5. The molecule has 144 valence electrons.